The van der Waals surface area contributed by atoms with E-state index in [0.717, 1.165) is 22.2 Å². The molecule has 0 unspecified atom stereocenters. The van der Waals surface area contributed by atoms with E-state index in [1.807, 2.05) is 71.3 Å². The van der Waals surface area contributed by atoms with Gasteiger partial charge < -0.3 is 11.1 Å². The monoisotopic (exact) mass is 416 g/mol. The average Bonchev–Trinajstić information content (AvgIpc) is 3.16. The lowest BCUT2D eigenvalue weighted by Crippen LogP contribution is -2.07. The highest BCUT2D eigenvalue weighted by molar-refractivity contribution is 7.98. The number of thioether (sulfide) groups is 1. The van der Waals surface area contributed by atoms with Gasteiger partial charge in [0, 0.05) is 17.8 Å². The zero-order chi connectivity index (χ0) is 20.8. The normalized spacial score (nSPS) is 10.7. The molecule has 4 rings (SSSR count). The average molecular weight is 417 g/mol. The van der Waals surface area contributed by atoms with Crippen LogP contribution in [0.2, 0.25) is 0 Å². The molecule has 30 heavy (non-hydrogen) atoms. The van der Waals surface area contributed by atoms with Gasteiger partial charge in [-0.1, -0.05) is 66.4 Å². The van der Waals surface area contributed by atoms with Gasteiger partial charge in [-0.05, 0) is 12.1 Å². The maximum Gasteiger partial charge on any atom is 0.232 e. The molecule has 2 aromatic heterocycles. The number of hydrogen-bond donors (Lipinski definition) is 2. The first-order chi connectivity index (χ1) is 14.7. The van der Waals surface area contributed by atoms with Crippen molar-refractivity contribution < 1.29 is 0 Å². The minimum absolute atomic E-state index is 0.163. The second-order valence-electron chi connectivity index (χ2n) is 6.28. The van der Waals surface area contributed by atoms with E-state index >= 15 is 0 Å². The number of benzene rings is 2. The van der Waals surface area contributed by atoms with E-state index in [-0.39, 0.29) is 5.95 Å². The summed E-state index contributed by atoms with van der Waals surface area (Å²) >= 11 is 1.48. The molecule has 0 atom stereocenters. The maximum absolute atomic E-state index is 5.88. The molecule has 9 heteroatoms. The molecule has 2 aromatic carbocycles. The van der Waals surface area contributed by atoms with E-state index in [1.54, 1.807) is 0 Å². The molecule has 0 aliphatic rings. The summed E-state index contributed by atoms with van der Waals surface area (Å²) in [6, 6.07) is 19.6. The molecule has 150 valence electrons. The predicted molar refractivity (Wildman–Crippen MR) is 119 cm³/mol. The summed E-state index contributed by atoms with van der Waals surface area (Å²) in [5, 5.41) is 12.6. The van der Waals surface area contributed by atoms with Crippen molar-refractivity contribution in [3.05, 3.63) is 79.1 Å². The Balaban J connectivity index is 1.53. The summed E-state index contributed by atoms with van der Waals surface area (Å²) in [6.07, 6.45) is 1.82. The summed E-state index contributed by atoms with van der Waals surface area (Å²) in [5.41, 5.74) is 7.75. The van der Waals surface area contributed by atoms with E-state index in [9.17, 15) is 0 Å². The van der Waals surface area contributed by atoms with Crippen molar-refractivity contribution >= 4 is 29.3 Å². The van der Waals surface area contributed by atoms with Gasteiger partial charge in [0.2, 0.25) is 11.9 Å². The zero-order valence-corrected chi connectivity index (χ0v) is 17.0. The highest BCUT2D eigenvalue weighted by atomic mass is 32.2. The van der Waals surface area contributed by atoms with Gasteiger partial charge in [0.25, 0.3) is 0 Å². The number of nitrogens with zero attached hydrogens (tertiary/aromatic N) is 6. The second-order valence-corrected chi connectivity index (χ2v) is 7.23. The minimum Gasteiger partial charge on any atom is -0.368 e. The summed E-state index contributed by atoms with van der Waals surface area (Å²) in [6.45, 7) is 4.45. The Hall–Kier alpha value is -3.72. The van der Waals surface area contributed by atoms with Gasteiger partial charge >= 0.3 is 0 Å². The molecule has 0 fully saturated rings. The molecule has 0 aliphatic heterocycles. The van der Waals surface area contributed by atoms with E-state index in [0.29, 0.717) is 24.1 Å². The van der Waals surface area contributed by atoms with Gasteiger partial charge in [0.1, 0.15) is 5.82 Å². The van der Waals surface area contributed by atoms with E-state index in [1.165, 1.54) is 11.8 Å². The lowest BCUT2D eigenvalue weighted by atomic mass is 10.2. The zero-order valence-electron chi connectivity index (χ0n) is 16.1. The molecule has 3 N–H and O–H groups in total. The molecular formula is C21H20N8S. The molecule has 0 amide bonds. The Morgan fingerprint density at radius 1 is 0.967 bits per heavy atom. The summed E-state index contributed by atoms with van der Waals surface area (Å²) in [7, 11) is 0. The number of nitrogen functional groups attached to an aromatic ring is 1. The SMILES string of the molecule is C=CCn1c(SCc2nc(N)nc(Nc3ccccc3)n2)nnc1-c1ccccc1. The van der Waals surface area contributed by atoms with Crippen LogP contribution < -0.4 is 11.1 Å². The molecule has 0 saturated heterocycles. The largest absolute Gasteiger partial charge is 0.368 e. The Morgan fingerprint density at radius 3 is 2.43 bits per heavy atom. The molecule has 0 saturated carbocycles. The molecule has 0 aliphatic carbocycles. The van der Waals surface area contributed by atoms with E-state index in [2.05, 4.69) is 37.0 Å². The summed E-state index contributed by atoms with van der Waals surface area (Å²) in [5.74, 6) is 2.39. The fraction of sp³-hybridized carbons (Fsp3) is 0.0952. The molecule has 0 bridgehead atoms. The van der Waals surface area contributed by atoms with Crippen LogP contribution in [0.5, 0.6) is 0 Å². The van der Waals surface area contributed by atoms with Crippen LogP contribution in [0, 0.1) is 0 Å². The number of allylic oxidation sites excluding steroid dienone is 1. The lowest BCUT2D eigenvalue weighted by Gasteiger charge is -2.09. The molecular weight excluding hydrogens is 396 g/mol. The summed E-state index contributed by atoms with van der Waals surface area (Å²) in [4.78, 5) is 12.9. The van der Waals surface area contributed by atoms with Crippen molar-refractivity contribution in [2.75, 3.05) is 11.1 Å². The molecule has 0 spiro atoms. The van der Waals surface area contributed by atoms with Crippen LogP contribution in [0.25, 0.3) is 11.4 Å². The number of para-hydroxylation sites is 1. The third kappa shape index (κ3) is 4.64. The molecule has 4 aromatic rings. The molecule has 2 heterocycles. The van der Waals surface area contributed by atoms with Crippen molar-refractivity contribution in [1.82, 2.24) is 29.7 Å². The smallest absolute Gasteiger partial charge is 0.232 e. The topological polar surface area (TPSA) is 107 Å². The van der Waals surface area contributed by atoms with E-state index in [4.69, 9.17) is 5.73 Å². The predicted octanol–water partition coefficient (Wildman–Crippen LogP) is 3.93. The van der Waals surface area contributed by atoms with Crippen LogP contribution in [0.15, 0.2) is 78.5 Å². The third-order valence-electron chi connectivity index (χ3n) is 4.12. The summed E-state index contributed by atoms with van der Waals surface area (Å²) < 4.78 is 2.01. The number of nitrogens with two attached hydrogens (primary N) is 1. The van der Waals surface area contributed by atoms with Gasteiger partial charge in [-0.25, -0.2) is 0 Å². The fourth-order valence-corrected chi connectivity index (χ4v) is 3.63. The first-order valence-electron chi connectivity index (χ1n) is 9.28. The van der Waals surface area contributed by atoms with Crippen molar-refractivity contribution in [3.63, 3.8) is 0 Å². The standard InChI is InChI=1S/C21H20N8S/c1-2-13-29-18(15-9-5-3-6-10-15)27-28-21(29)30-14-17-24-19(22)26-20(25-17)23-16-11-7-4-8-12-16/h2-12H,1,13-14H2,(H3,22,23,24,25,26). The maximum atomic E-state index is 5.88. The van der Waals surface area contributed by atoms with Crippen LogP contribution in [-0.4, -0.2) is 29.7 Å². The molecule has 8 nitrogen and oxygen atoms in total. The number of nitrogens with one attached hydrogen (secondary N) is 1. The van der Waals surface area contributed by atoms with Crippen molar-refractivity contribution in [3.8, 4) is 11.4 Å². The van der Waals surface area contributed by atoms with Gasteiger partial charge in [-0.3, -0.25) is 4.57 Å². The van der Waals surface area contributed by atoms with Crippen LogP contribution in [0.3, 0.4) is 0 Å². The van der Waals surface area contributed by atoms with Crippen molar-refractivity contribution in [1.29, 1.82) is 0 Å². The van der Waals surface area contributed by atoms with Crippen LogP contribution in [-0.2, 0) is 12.3 Å². The van der Waals surface area contributed by atoms with E-state index < -0.39 is 0 Å². The van der Waals surface area contributed by atoms with Crippen LogP contribution >= 0.6 is 11.8 Å². The quantitative estimate of drug-likeness (QED) is 0.329. The van der Waals surface area contributed by atoms with Gasteiger partial charge in [0.15, 0.2) is 11.0 Å². The Bertz CT molecular complexity index is 1130. The molecule has 0 radical (unpaired) electrons. The lowest BCUT2D eigenvalue weighted by molar-refractivity contribution is 0.730. The highest BCUT2D eigenvalue weighted by Gasteiger charge is 2.14. The van der Waals surface area contributed by atoms with Gasteiger partial charge in [0.05, 0.1) is 5.75 Å². The second kappa shape index (κ2) is 9.19. The van der Waals surface area contributed by atoms with Crippen LogP contribution in [0.1, 0.15) is 5.82 Å². The fourth-order valence-electron chi connectivity index (χ4n) is 2.83. The first-order valence-corrected chi connectivity index (χ1v) is 10.3. The van der Waals surface area contributed by atoms with Gasteiger partial charge in [-0.2, -0.15) is 15.0 Å². The van der Waals surface area contributed by atoms with Crippen molar-refractivity contribution in [2.45, 2.75) is 17.5 Å². The first kappa shape index (κ1) is 19.6. The third-order valence-corrected chi connectivity index (χ3v) is 5.08. The number of aromatic nitrogens is 6. The highest BCUT2D eigenvalue weighted by Crippen LogP contribution is 2.26. The number of rotatable bonds is 8. The van der Waals surface area contributed by atoms with Crippen molar-refractivity contribution in [2.24, 2.45) is 0 Å². The number of anilines is 3. The van der Waals surface area contributed by atoms with Crippen LogP contribution in [0.4, 0.5) is 17.6 Å². The Kier molecular flexibility index (Phi) is 6.00. The Labute approximate surface area is 178 Å². The van der Waals surface area contributed by atoms with Gasteiger partial charge in [-0.15, -0.1) is 16.8 Å². The number of hydrogen-bond acceptors (Lipinski definition) is 8. The Morgan fingerprint density at radius 2 is 1.70 bits per heavy atom. The minimum atomic E-state index is 0.163.